The van der Waals surface area contributed by atoms with E-state index in [2.05, 4.69) is 28.2 Å². The van der Waals surface area contributed by atoms with E-state index in [-0.39, 0.29) is 41.8 Å². The summed E-state index contributed by atoms with van der Waals surface area (Å²) in [6.45, 7) is 4.15. The number of carbonyl (C=O) groups is 1. The van der Waals surface area contributed by atoms with Crippen LogP contribution in [0.2, 0.25) is 0 Å². The summed E-state index contributed by atoms with van der Waals surface area (Å²) in [5, 5.41) is 3.42. The van der Waals surface area contributed by atoms with Gasteiger partial charge in [-0.1, -0.05) is 25.1 Å². The van der Waals surface area contributed by atoms with E-state index in [0.29, 0.717) is 19.2 Å². The van der Waals surface area contributed by atoms with Crippen LogP contribution in [0.5, 0.6) is 5.75 Å². The molecule has 1 aliphatic heterocycles. The fourth-order valence-electron chi connectivity index (χ4n) is 3.54. The SMILES string of the molecule is CN=C(NCc1ccccc1OC1CCC1)N1CC(C)C(C(=O)OC)C1.I. The molecule has 2 unspecified atom stereocenters. The molecule has 1 saturated heterocycles. The number of hydrogen-bond donors (Lipinski definition) is 1. The number of esters is 1. The van der Waals surface area contributed by atoms with Gasteiger partial charge in [-0.2, -0.15) is 0 Å². The zero-order valence-corrected chi connectivity index (χ0v) is 18.6. The minimum Gasteiger partial charge on any atom is -0.490 e. The highest BCUT2D eigenvalue weighted by molar-refractivity contribution is 14.0. The van der Waals surface area contributed by atoms with Crippen molar-refractivity contribution in [1.29, 1.82) is 0 Å². The van der Waals surface area contributed by atoms with Gasteiger partial charge in [0.2, 0.25) is 0 Å². The zero-order chi connectivity index (χ0) is 18.5. The molecule has 2 atom stereocenters. The number of ether oxygens (including phenoxy) is 2. The fraction of sp³-hybridized carbons (Fsp3) is 0.600. The second-order valence-electron chi connectivity index (χ2n) is 7.19. The van der Waals surface area contributed by atoms with Gasteiger partial charge in [0, 0.05) is 32.2 Å². The first-order valence-electron chi connectivity index (χ1n) is 9.40. The average molecular weight is 487 g/mol. The van der Waals surface area contributed by atoms with Gasteiger partial charge in [0.05, 0.1) is 19.1 Å². The lowest BCUT2D eigenvalue weighted by Crippen LogP contribution is -2.40. The van der Waals surface area contributed by atoms with Crippen molar-refractivity contribution in [2.24, 2.45) is 16.8 Å². The Hall–Kier alpha value is -1.51. The molecule has 1 aromatic rings. The van der Waals surface area contributed by atoms with Crippen LogP contribution in [0.4, 0.5) is 0 Å². The Bertz CT molecular complexity index is 664. The highest BCUT2D eigenvalue weighted by atomic mass is 127. The number of likely N-dealkylation sites (tertiary alicyclic amines) is 1. The number of para-hydroxylation sites is 1. The van der Waals surface area contributed by atoms with E-state index >= 15 is 0 Å². The van der Waals surface area contributed by atoms with Crippen LogP contribution in [-0.4, -0.2) is 50.2 Å². The number of carbonyl (C=O) groups excluding carboxylic acids is 1. The molecule has 1 N–H and O–H groups in total. The molecule has 0 radical (unpaired) electrons. The molecular weight excluding hydrogens is 457 g/mol. The molecule has 6 nitrogen and oxygen atoms in total. The maximum absolute atomic E-state index is 11.9. The Kier molecular flexibility index (Phi) is 8.19. The van der Waals surface area contributed by atoms with Crippen LogP contribution in [-0.2, 0) is 16.1 Å². The molecule has 27 heavy (non-hydrogen) atoms. The van der Waals surface area contributed by atoms with Crippen molar-refractivity contribution in [3.05, 3.63) is 29.8 Å². The monoisotopic (exact) mass is 487 g/mol. The lowest BCUT2D eigenvalue weighted by atomic mass is 9.96. The Morgan fingerprint density at radius 3 is 2.67 bits per heavy atom. The Morgan fingerprint density at radius 1 is 1.30 bits per heavy atom. The normalized spacial score (nSPS) is 22.6. The van der Waals surface area contributed by atoms with Crippen LogP contribution in [0.15, 0.2) is 29.3 Å². The van der Waals surface area contributed by atoms with Gasteiger partial charge in [-0.3, -0.25) is 9.79 Å². The molecule has 0 bridgehead atoms. The summed E-state index contributed by atoms with van der Waals surface area (Å²) in [4.78, 5) is 18.4. The summed E-state index contributed by atoms with van der Waals surface area (Å²) in [6.07, 6.45) is 3.90. The Labute approximate surface area is 178 Å². The van der Waals surface area contributed by atoms with Gasteiger partial charge in [0.25, 0.3) is 0 Å². The second kappa shape index (κ2) is 10.1. The number of rotatable bonds is 5. The number of guanidine groups is 1. The zero-order valence-electron chi connectivity index (χ0n) is 16.3. The van der Waals surface area contributed by atoms with E-state index in [9.17, 15) is 4.79 Å². The van der Waals surface area contributed by atoms with Crippen LogP contribution >= 0.6 is 24.0 Å². The van der Waals surface area contributed by atoms with Crippen LogP contribution in [0.3, 0.4) is 0 Å². The summed E-state index contributed by atoms with van der Waals surface area (Å²) in [5.41, 5.74) is 1.12. The van der Waals surface area contributed by atoms with Crippen LogP contribution in [0.25, 0.3) is 0 Å². The molecule has 1 heterocycles. The third-order valence-corrected chi connectivity index (χ3v) is 5.38. The molecule has 7 heteroatoms. The maximum atomic E-state index is 11.9. The van der Waals surface area contributed by atoms with Gasteiger partial charge in [-0.05, 0) is 31.2 Å². The smallest absolute Gasteiger partial charge is 0.310 e. The van der Waals surface area contributed by atoms with Crippen molar-refractivity contribution in [3.63, 3.8) is 0 Å². The van der Waals surface area contributed by atoms with Crippen molar-refractivity contribution in [3.8, 4) is 5.75 Å². The lowest BCUT2D eigenvalue weighted by molar-refractivity contribution is -0.145. The van der Waals surface area contributed by atoms with Gasteiger partial charge in [0.1, 0.15) is 5.75 Å². The number of aliphatic imine (C=N–C) groups is 1. The molecule has 2 fully saturated rings. The Balaban J connectivity index is 0.00000261. The van der Waals surface area contributed by atoms with E-state index < -0.39 is 0 Å². The van der Waals surface area contributed by atoms with Crippen LogP contribution in [0.1, 0.15) is 31.7 Å². The van der Waals surface area contributed by atoms with E-state index in [1.54, 1.807) is 7.05 Å². The predicted molar refractivity (Wildman–Crippen MR) is 117 cm³/mol. The summed E-state index contributed by atoms with van der Waals surface area (Å²) in [6, 6.07) is 8.15. The summed E-state index contributed by atoms with van der Waals surface area (Å²) >= 11 is 0. The van der Waals surface area contributed by atoms with Crippen molar-refractivity contribution in [1.82, 2.24) is 10.2 Å². The number of benzene rings is 1. The predicted octanol–water partition coefficient (Wildman–Crippen LogP) is 3.05. The van der Waals surface area contributed by atoms with E-state index in [1.165, 1.54) is 13.5 Å². The largest absolute Gasteiger partial charge is 0.490 e. The number of hydrogen-bond acceptors (Lipinski definition) is 4. The molecule has 3 rings (SSSR count). The molecule has 0 spiro atoms. The lowest BCUT2D eigenvalue weighted by Gasteiger charge is -2.28. The third-order valence-electron chi connectivity index (χ3n) is 5.38. The van der Waals surface area contributed by atoms with Gasteiger partial charge < -0.3 is 19.7 Å². The minimum absolute atomic E-state index is 0. The van der Waals surface area contributed by atoms with Gasteiger partial charge >= 0.3 is 5.97 Å². The van der Waals surface area contributed by atoms with Crippen molar-refractivity contribution in [2.75, 3.05) is 27.2 Å². The first kappa shape index (κ1) is 21.8. The molecule has 0 aromatic heterocycles. The number of nitrogens with one attached hydrogen (secondary N) is 1. The van der Waals surface area contributed by atoms with Crippen molar-refractivity contribution in [2.45, 2.75) is 38.8 Å². The number of halogens is 1. The van der Waals surface area contributed by atoms with Gasteiger partial charge in [0.15, 0.2) is 5.96 Å². The molecule has 1 aromatic carbocycles. The number of nitrogens with zero attached hydrogens (tertiary/aromatic N) is 2. The van der Waals surface area contributed by atoms with Crippen LogP contribution in [0, 0.1) is 11.8 Å². The fourth-order valence-corrected chi connectivity index (χ4v) is 3.54. The Morgan fingerprint density at radius 2 is 2.04 bits per heavy atom. The van der Waals surface area contributed by atoms with Crippen molar-refractivity contribution >= 4 is 35.9 Å². The molecule has 0 amide bonds. The summed E-state index contributed by atoms with van der Waals surface area (Å²) < 4.78 is 11.0. The van der Waals surface area contributed by atoms with Crippen molar-refractivity contribution < 1.29 is 14.3 Å². The van der Waals surface area contributed by atoms with Gasteiger partial charge in [-0.15, -0.1) is 24.0 Å². The van der Waals surface area contributed by atoms with Crippen LogP contribution < -0.4 is 10.1 Å². The quantitative estimate of drug-likeness (QED) is 0.300. The summed E-state index contributed by atoms with van der Waals surface area (Å²) in [5.74, 6) is 1.75. The minimum atomic E-state index is -0.144. The third kappa shape index (κ3) is 5.27. The second-order valence-corrected chi connectivity index (χ2v) is 7.19. The van der Waals surface area contributed by atoms with E-state index in [0.717, 1.165) is 36.7 Å². The standard InChI is InChI=1S/C20H29N3O3.HI/c1-14-12-23(13-17(14)19(24)25-3)20(21-2)22-11-15-7-4-5-10-18(15)26-16-8-6-9-16;/h4-5,7,10,14,16-17H,6,8-9,11-13H2,1-3H3,(H,21,22);1H. The summed E-state index contributed by atoms with van der Waals surface area (Å²) in [7, 11) is 3.22. The van der Waals surface area contributed by atoms with E-state index in [1.807, 2.05) is 18.2 Å². The highest BCUT2D eigenvalue weighted by Gasteiger charge is 2.36. The molecule has 1 saturated carbocycles. The molecule has 1 aliphatic carbocycles. The average Bonchev–Trinajstić information content (AvgIpc) is 3.00. The molecule has 2 aliphatic rings. The first-order valence-corrected chi connectivity index (χ1v) is 9.40. The maximum Gasteiger partial charge on any atom is 0.310 e. The van der Waals surface area contributed by atoms with E-state index in [4.69, 9.17) is 9.47 Å². The topological polar surface area (TPSA) is 63.2 Å². The molecular formula is C20H30IN3O3. The number of methoxy groups -OCH3 is 1. The first-order chi connectivity index (χ1) is 12.6. The highest BCUT2D eigenvalue weighted by Crippen LogP contribution is 2.28. The van der Waals surface area contributed by atoms with Gasteiger partial charge in [-0.25, -0.2) is 0 Å². The molecule has 150 valence electrons.